The first-order valence-electron chi connectivity index (χ1n) is 8.87. The Balaban J connectivity index is 1.44. The number of hydrogen-bond donors (Lipinski definition) is 1. The summed E-state index contributed by atoms with van der Waals surface area (Å²) in [5.74, 6) is 0.373. The smallest absolute Gasteiger partial charge is 0.289 e. The van der Waals surface area contributed by atoms with Gasteiger partial charge in [-0.2, -0.15) is 5.10 Å². The molecule has 2 aromatic carbocycles. The number of methoxy groups -OCH3 is 1. The Hall–Kier alpha value is -3.62. The van der Waals surface area contributed by atoms with Crippen molar-refractivity contribution < 1.29 is 28.2 Å². The molecule has 9 heteroatoms. The van der Waals surface area contributed by atoms with Crippen molar-refractivity contribution in [1.29, 1.82) is 0 Å². The average molecular weight is 399 g/mol. The minimum atomic E-state index is -0.500. The van der Waals surface area contributed by atoms with Gasteiger partial charge in [-0.15, -0.1) is 0 Å². The number of ether oxygens (including phenoxy) is 3. The van der Waals surface area contributed by atoms with Gasteiger partial charge in [0.15, 0.2) is 23.3 Å². The first-order chi connectivity index (χ1) is 14.1. The van der Waals surface area contributed by atoms with Crippen LogP contribution in [0.3, 0.4) is 0 Å². The van der Waals surface area contributed by atoms with Gasteiger partial charge in [-0.05, 0) is 29.8 Å². The van der Waals surface area contributed by atoms with Crippen LogP contribution in [-0.2, 0) is 9.63 Å². The maximum absolute atomic E-state index is 13.2. The van der Waals surface area contributed by atoms with Crippen molar-refractivity contribution in [2.45, 2.75) is 13.0 Å². The lowest BCUT2D eigenvalue weighted by molar-refractivity contribution is -0.115. The summed E-state index contributed by atoms with van der Waals surface area (Å²) >= 11 is 0. The number of nitrogens with zero attached hydrogens (tertiary/aromatic N) is 2. The van der Waals surface area contributed by atoms with Gasteiger partial charge in [0.25, 0.3) is 5.91 Å². The van der Waals surface area contributed by atoms with Crippen molar-refractivity contribution in [2.24, 2.45) is 16.2 Å². The number of oxime groups is 1. The normalized spacial score (nSPS) is 19.8. The van der Waals surface area contributed by atoms with Gasteiger partial charge in [0.2, 0.25) is 12.5 Å². The van der Waals surface area contributed by atoms with Crippen LogP contribution in [0.1, 0.15) is 24.2 Å². The van der Waals surface area contributed by atoms with Crippen molar-refractivity contribution in [2.75, 3.05) is 13.9 Å². The predicted octanol–water partition coefficient (Wildman–Crippen LogP) is 2.78. The number of amides is 1. The van der Waals surface area contributed by atoms with E-state index in [4.69, 9.17) is 19.0 Å². The number of benzene rings is 2. The molecule has 2 aliphatic rings. The summed E-state index contributed by atoms with van der Waals surface area (Å²) in [6, 6.07) is 9.41. The molecule has 0 saturated heterocycles. The molecule has 0 saturated carbocycles. The third-order valence-corrected chi connectivity index (χ3v) is 4.62. The molecule has 2 heterocycles. The Bertz CT molecular complexity index is 1010. The highest BCUT2D eigenvalue weighted by molar-refractivity contribution is 6.39. The van der Waals surface area contributed by atoms with E-state index in [1.807, 2.05) is 6.92 Å². The number of fused-ring (bicyclic) bond motifs is 1. The second-order valence-electron chi connectivity index (χ2n) is 6.50. The van der Waals surface area contributed by atoms with E-state index < -0.39 is 12.0 Å². The lowest BCUT2D eigenvalue weighted by Crippen LogP contribution is -2.31. The van der Waals surface area contributed by atoms with Crippen molar-refractivity contribution in [3.05, 3.63) is 53.3 Å². The SMILES string of the molecule is COc1cc([C@H]2ON=C(C(=O)N/N=C\c3cccc(F)c3)[C@@H]2C)cc2c1OCO2. The van der Waals surface area contributed by atoms with Crippen LogP contribution >= 0.6 is 0 Å². The fraction of sp³-hybridized carbons (Fsp3) is 0.250. The first kappa shape index (κ1) is 18.7. The van der Waals surface area contributed by atoms with Gasteiger partial charge in [0.1, 0.15) is 5.82 Å². The summed E-state index contributed by atoms with van der Waals surface area (Å²) in [5, 5.41) is 7.77. The molecule has 0 unspecified atom stereocenters. The minimum Gasteiger partial charge on any atom is -0.493 e. The molecule has 0 fully saturated rings. The number of carbonyl (C=O) groups excluding carboxylic acids is 1. The Morgan fingerprint density at radius 1 is 1.34 bits per heavy atom. The van der Waals surface area contributed by atoms with E-state index in [2.05, 4.69) is 15.7 Å². The summed E-state index contributed by atoms with van der Waals surface area (Å²) in [7, 11) is 1.53. The average Bonchev–Trinajstić information content (AvgIpc) is 3.33. The molecule has 2 aliphatic heterocycles. The van der Waals surface area contributed by atoms with Crippen LogP contribution in [0.2, 0.25) is 0 Å². The Morgan fingerprint density at radius 3 is 3.00 bits per heavy atom. The van der Waals surface area contributed by atoms with E-state index in [0.29, 0.717) is 22.8 Å². The van der Waals surface area contributed by atoms with E-state index in [0.717, 1.165) is 5.56 Å². The van der Waals surface area contributed by atoms with Crippen molar-refractivity contribution in [3.8, 4) is 17.2 Å². The summed E-state index contributed by atoms with van der Waals surface area (Å²) in [5.41, 5.74) is 3.85. The van der Waals surface area contributed by atoms with E-state index in [1.54, 1.807) is 24.3 Å². The molecule has 0 radical (unpaired) electrons. The van der Waals surface area contributed by atoms with Gasteiger partial charge in [-0.3, -0.25) is 4.79 Å². The van der Waals surface area contributed by atoms with Crippen LogP contribution in [0.4, 0.5) is 4.39 Å². The molecule has 8 nitrogen and oxygen atoms in total. The molecule has 29 heavy (non-hydrogen) atoms. The molecular weight excluding hydrogens is 381 g/mol. The van der Waals surface area contributed by atoms with Crippen LogP contribution in [0.15, 0.2) is 46.7 Å². The third-order valence-electron chi connectivity index (χ3n) is 4.62. The molecule has 2 aromatic rings. The third kappa shape index (κ3) is 3.71. The van der Waals surface area contributed by atoms with Crippen LogP contribution in [0.5, 0.6) is 17.2 Å². The fourth-order valence-electron chi connectivity index (χ4n) is 3.15. The number of hydrazone groups is 1. The van der Waals surface area contributed by atoms with E-state index in [-0.39, 0.29) is 24.2 Å². The van der Waals surface area contributed by atoms with Gasteiger partial charge >= 0.3 is 0 Å². The molecule has 0 bridgehead atoms. The van der Waals surface area contributed by atoms with E-state index in [1.165, 1.54) is 25.5 Å². The van der Waals surface area contributed by atoms with Gasteiger partial charge in [0.05, 0.1) is 19.2 Å². The topological polar surface area (TPSA) is 90.7 Å². The number of rotatable bonds is 5. The Morgan fingerprint density at radius 2 is 2.21 bits per heavy atom. The second kappa shape index (κ2) is 7.78. The van der Waals surface area contributed by atoms with Gasteiger partial charge < -0.3 is 19.0 Å². The number of hydrogen-bond acceptors (Lipinski definition) is 7. The number of nitrogens with one attached hydrogen (secondary N) is 1. The zero-order valence-electron chi connectivity index (χ0n) is 15.7. The van der Waals surface area contributed by atoms with Crippen LogP contribution in [0, 0.1) is 11.7 Å². The van der Waals surface area contributed by atoms with Crippen LogP contribution in [0.25, 0.3) is 0 Å². The highest BCUT2D eigenvalue weighted by Crippen LogP contribution is 2.45. The van der Waals surface area contributed by atoms with Crippen molar-refractivity contribution >= 4 is 17.8 Å². The second-order valence-corrected chi connectivity index (χ2v) is 6.50. The Labute approximate surface area is 165 Å². The first-order valence-corrected chi connectivity index (χ1v) is 8.87. The predicted molar refractivity (Wildman–Crippen MR) is 102 cm³/mol. The zero-order chi connectivity index (χ0) is 20.4. The molecule has 0 spiro atoms. The molecule has 1 amide bonds. The standard InChI is InChI=1S/C20H18FN3O5/c1-11-17(20(25)23-22-9-12-4-3-5-14(21)6-12)24-29-18(11)13-7-15(26-2)19-16(8-13)27-10-28-19/h3-9,11,18H,10H2,1-2H3,(H,23,25)/b22-9-/t11-,18-/m0/s1. The maximum Gasteiger partial charge on any atom is 0.289 e. The van der Waals surface area contributed by atoms with Crippen LogP contribution < -0.4 is 19.6 Å². The van der Waals surface area contributed by atoms with Crippen molar-refractivity contribution in [1.82, 2.24) is 5.43 Å². The van der Waals surface area contributed by atoms with Gasteiger partial charge in [-0.1, -0.05) is 24.2 Å². The van der Waals surface area contributed by atoms with Gasteiger partial charge in [-0.25, -0.2) is 9.82 Å². The van der Waals surface area contributed by atoms with E-state index in [9.17, 15) is 9.18 Å². The number of halogens is 1. The summed E-state index contributed by atoms with van der Waals surface area (Å²) in [6.45, 7) is 1.94. The highest BCUT2D eigenvalue weighted by atomic mass is 19.1. The lowest BCUT2D eigenvalue weighted by Gasteiger charge is -2.16. The zero-order valence-corrected chi connectivity index (χ0v) is 15.7. The monoisotopic (exact) mass is 399 g/mol. The molecular formula is C20H18FN3O5. The minimum absolute atomic E-state index is 0.115. The highest BCUT2D eigenvalue weighted by Gasteiger charge is 2.37. The van der Waals surface area contributed by atoms with Gasteiger partial charge in [0, 0.05) is 5.56 Å². The van der Waals surface area contributed by atoms with Crippen LogP contribution in [-0.4, -0.2) is 31.7 Å². The maximum atomic E-state index is 13.2. The molecule has 1 N–H and O–H groups in total. The fourth-order valence-corrected chi connectivity index (χ4v) is 3.15. The summed E-state index contributed by atoms with van der Waals surface area (Å²) in [4.78, 5) is 17.9. The molecule has 0 aromatic heterocycles. The van der Waals surface area contributed by atoms with Crippen molar-refractivity contribution in [3.63, 3.8) is 0 Å². The molecule has 4 rings (SSSR count). The quantitative estimate of drug-likeness (QED) is 0.617. The molecule has 2 atom stereocenters. The largest absolute Gasteiger partial charge is 0.493 e. The summed E-state index contributed by atoms with van der Waals surface area (Å²) in [6.07, 6.45) is 0.855. The summed E-state index contributed by atoms with van der Waals surface area (Å²) < 4.78 is 29.4. The molecule has 0 aliphatic carbocycles. The Kier molecular flexibility index (Phi) is 5.03. The van der Waals surface area contributed by atoms with E-state index >= 15 is 0 Å². The molecule has 150 valence electrons. The number of carbonyl (C=O) groups is 1. The lowest BCUT2D eigenvalue weighted by atomic mass is 9.93.